The van der Waals surface area contributed by atoms with Crippen molar-refractivity contribution in [3.63, 3.8) is 0 Å². The molecule has 0 aliphatic carbocycles. The van der Waals surface area contributed by atoms with Gasteiger partial charge in [0, 0.05) is 37.1 Å². The Balaban J connectivity index is 2.00. The average molecular weight is 281 g/mol. The highest BCUT2D eigenvalue weighted by atomic mass is 32.1. The highest BCUT2D eigenvalue weighted by Gasteiger charge is 2.29. The van der Waals surface area contributed by atoms with Crippen LogP contribution in [0.4, 0.5) is 0 Å². The average Bonchev–Trinajstić information content (AvgIpc) is 2.95. The molecule has 4 heteroatoms. The highest BCUT2D eigenvalue weighted by Crippen LogP contribution is 2.29. The Labute approximate surface area is 121 Å². The quantitative estimate of drug-likeness (QED) is 0.870. The molecule has 3 nitrogen and oxygen atoms in total. The van der Waals surface area contributed by atoms with Gasteiger partial charge < -0.3 is 10.6 Å². The molecular weight excluding hydrogens is 254 g/mol. The van der Waals surface area contributed by atoms with Gasteiger partial charge in [-0.15, -0.1) is 11.3 Å². The Hall–Kier alpha value is -0.420. The normalized spacial score (nSPS) is 21.4. The van der Waals surface area contributed by atoms with Crippen LogP contribution in [0.5, 0.6) is 0 Å². The van der Waals surface area contributed by atoms with Crippen molar-refractivity contribution in [1.29, 1.82) is 0 Å². The van der Waals surface area contributed by atoms with Crippen LogP contribution < -0.4 is 5.73 Å². The minimum Gasteiger partial charge on any atom is -0.326 e. The first kappa shape index (κ1) is 15.0. The van der Waals surface area contributed by atoms with Gasteiger partial charge in [-0.25, -0.2) is 0 Å². The van der Waals surface area contributed by atoms with E-state index < -0.39 is 0 Å². The summed E-state index contributed by atoms with van der Waals surface area (Å²) < 4.78 is 0. The largest absolute Gasteiger partial charge is 0.326 e. The third-order valence-corrected chi connectivity index (χ3v) is 4.99. The first-order valence-electron chi connectivity index (χ1n) is 7.51. The fraction of sp³-hybridized carbons (Fsp3) is 0.733. The molecule has 1 saturated heterocycles. The Bertz CT molecular complexity index is 344. The third-order valence-electron chi connectivity index (χ3n) is 4.05. The molecule has 1 aromatic rings. The van der Waals surface area contributed by atoms with E-state index in [0.717, 1.165) is 19.5 Å². The zero-order chi connectivity index (χ0) is 13.7. The van der Waals surface area contributed by atoms with Crippen molar-refractivity contribution < 1.29 is 0 Å². The van der Waals surface area contributed by atoms with Crippen molar-refractivity contribution in [1.82, 2.24) is 9.80 Å². The molecule has 0 bridgehead atoms. The second-order valence-electron chi connectivity index (χ2n) is 5.41. The lowest BCUT2D eigenvalue weighted by Crippen LogP contribution is -2.51. The summed E-state index contributed by atoms with van der Waals surface area (Å²) in [4.78, 5) is 6.59. The SMILES string of the molecule is CCCN1CCN(C(c2cccs2)C(N)CC)CC1. The maximum Gasteiger partial charge on any atom is 0.0594 e. The predicted molar refractivity (Wildman–Crippen MR) is 83.6 cm³/mol. The Kier molecular flexibility index (Phi) is 5.82. The standard InChI is InChI=1S/C15H27N3S/c1-3-7-17-8-10-18(11-9-17)15(13(16)4-2)14-6-5-12-19-14/h5-6,12-13,15H,3-4,7-11,16H2,1-2H3. The van der Waals surface area contributed by atoms with Gasteiger partial charge in [-0.05, 0) is 30.8 Å². The van der Waals surface area contributed by atoms with Crippen LogP contribution >= 0.6 is 11.3 Å². The molecule has 0 spiro atoms. The fourth-order valence-electron chi connectivity index (χ4n) is 2.93. The lowest BCUT2D eigenvalue weighted by atomic mass is 10.0. The van der Waals surface area contributed by atoms with E-state index in [2.05, 4.69) is 41.2 Å². The predicted octanol–water partition coefficient (Wildman–Crippen LogP) is 2.55. The molecular formula is C15H27N3S. The third kappa shape index (κ3) is 3.78. The lowest BCUT2D eigenvalue weighted by Gasteiger charge is -2.41. The highest BCUT2D eigenvalue weighted by molar-refractivity contribution is 7.10. The van der Waals surface area contributed by atoms with Crippen molar-refractivity contribution in [2.45, 2.75) is 38.8 Å². The summed E-state index contributed by atoms with van der Waals surface area (Å²) in [5, 5.41) is 2.16. The molecule has 2 rings (SSSR count). The molecule has 1 aliphatic rings. The van der Waals surface area contributed by atoms with Crippen molar-refractivity contribution in [3.8, 4) is 0 Å². The molecule has 2 atom stereocenters. The minimum absolute atomic E-state index is 0.247. The van der Waals surface area contributed by atoms with Gasteiger partial charge in [0.05, 0.1) is 6.04 Å². The lowest BCUT2D eigenvalue weighted by molar-refractivity contribution is 0.0851. The van der Waals surface area contributed by atoms with Crippen LogP contribution in [0, 0.1) is 0 Å². The van der Waals surface area contributed by atoms with E-state index in [1.54, 1.807) is 0 Å². The molecule has 0 saturated carbocycles. The summed E-state index contributed by atoms with van der Waals surface area (Å²) in [5.41, 5.74) is 6.38. The van der Waals surface area contributed by atoms with Gasteiger partial charge in [0.25, 0.3) is 0 Å². The van der Waals surface area contributed by atoms with Crippen molar-refractivity contribution in [2.75, 3.05) is 32.7 Å². The van der Waals surface area contributed by atoms with Crippen LogP contribution in [0.25, 0.3) is 0 Å². The summed E-state index contributed by atoms with van der Waals surface area (Å²) in [6, 6.07) is 5.04. The Morgan fingerprint density at radius 3 is 2.53 bits per heavy atom. The van der Waals surface area contributed by atoms with Crippen molar-refractivity contribution >= 4 is 11.3 Å². The van der Waals surface area contributed by atoms with Crippen molar-refractivity contribution in [3.05, 3.63) is 22.4 Å². The van der Waals surface area contributed by atoms with E-state index >= 15 is 0 Å². The zero-order valence-corrected chi connectivity index (χ0v) is 13.0. The van der Waals surface area contributed by atoms with Gasteiger partial charge >= 0.3 is 0 Å². The van der Waals surface area contributed by atoms with E-state index in [1.807, 2.05) is 11.3 Å². The molecule has 2 unspecified atom stereocenters. The summed E-state index contributed by atoms with van der Waals surface area (Å²) in [6.45, 7) is 10.4. The second kappa shape index (κ2) is 7.39. The van der Waals surface area contributed by atoms with Gasteiger partial charge in [-0.1, -0.05) is 19.9 Å². The number of nitrogens with zero attached hydrogens (tertiary/aromatic N) is 2. The molecule has 1 fully saturated rings. The topological polar surface area (TPSA) is 32.5 Å². The van der Waals surface area contributed by atoms with E-state index in [9.17, 15) is 0 Å². The molecule has 1 aliphatic heterocycles. The zero-order valence-electron chi connectivity index (χ0n) is 12.2. The number of piperazine rings is 1. The van der Waals surface area contributed by atoms with E-state index in [4.69, 9.17) is 5.73 Å². The summed E-state index contributed by atoms with van der Waals surface area (Å²) in [6.07, 6.45) is 2.29. The number of thiophene rings is 1. The number of nitrogens with two attached hydrogens (primary N) is 1. The van der Waals surface area contributed by atoms with Gasteiger partial charge in [-0.2, -0.15) is 0 Å². The van der Waals surface area contributed by atoms with Gasteiger partial charge in [0.15, 0.2) is 0 Å². The monoisotopic (exact) mass is 281 g/mol. The molecule has 1 aromatic heterocycles. The Morgan fingerprint density at radius 1 is 1.26 bits per heavy atom. The van der Waals surface area contributed by atoms with Crippen LogP contribution in [-0.2, 0) is 0 Å². The van der Waals surface area contributed by atoms with E-state index in [0.29, 0.717) is 6.04 Å². The van der Waals surface area contributed by atoms with Crippen LogP contribution in [0.2, 0.25) is 0 Å². The minimum atomic E-state index is 0.247. The van der Waals surface area contributed by atoms with Gasteiger partial charge in [-0.3, -0.25) is 4.90 Å². The van der Waals surface area contributed by atoms with E-state index in [-0.39, 0.29) is 6.04 Å². The van der Waals surface area contributed by atoms with Crippen LogP contribution in [-0.4, -0.2) is 48.6 Å². The Morgan fingerprint density at radius 2 is 2.00 bits per heavy atom. The second-order valence-corrected chi connectivity index (χ2v) is 6.39. The molecule has 19 heavy (non-hydrogen) atoms. The molecule has 2 heterocycles. The summed E-state index contributed by atoms with van der Waals surface area (Å²) >= 11 is 1.84. The molecule has 108 valence electrons. The molecule has 2 N–H and O–H groups in total. The molecule has 0 amide bonds. The first-order chi connectivity index (χ1) is 9.26. The smallest absolute Gasteiger partial charge is 0.0594 e. The number of hydrogen-bond donors (Lipinski definition) is 1. The maximum atomic E-state index is 6.38. The molecule has 0 radical (unpaired) electrons. The van der Waals surface area contributed by atoms with Gasteiger partial charge in [0.1, 0.15) is 0 Å². The van der Waals surface area contributed by atoms with Crippen molar-refractivity contribution in [2.24, 2.45) is 5.73 Å². The van der Waals surface area contributed by atoms with Gasteiger partial charge in [0.2, 0.25) is 0 Å². The van der Waals surface area contributed by atoms with Crippen LogP contribution in [0.15, 0.2) is 17.5 Å². The first-order valence-corrected chi connectivity index (χ1v) is 8.39. The summed E-state index contributed by atoms with van der Waals surface area (Å²) in [7, 11) is 0. The maximum absolute atomic E-state index is 6.38. The van der Waals surface area contributed by atoms with Crippen LogP contribution in [0.1, 0.15) is 37.6 Å². The van der Waals surface area contributed by atoms with Crippen LogP contribution in [0.3, 0.4) is 0 Å². The molecule has 0 aromatic carbocycles. The summed E-state index contributed by atoms with van der Waals surface area (Å²) in [5.74, 6) is 0. The fourth-order valence-corrected chi connectivity index (χ4v) is 3.86. The van der Waals surface area contributed by atoms with E-state index in [1.165, 1.54) is 30.9 Å². The number of rotatable bonds is 6. The number of hydrogen-bond acceptors (Lipinski definition) is 4.